The van der Waals surface area contributed by atoms with Crippen molar-refractivity contribution in [1.82, 2.24) is 5.32 Å². The number of benzene rings is 1. The Hall–Kier alpha value is -2.37. The molecule has 1 aromatic rings. The molecule has 0 spiro atoms. The minimum absolute atomic E-state index is 0.135. The van der Waals surface area contributed by atoms with E-state index in [1.165, 1.54) is 0 Å². The van der Waals surface area contributed by atoms with Gasteiger partial charge in [0, 0.05) is 17.8 Å². The summed E-state index contributed by atoms with van der Waals surface area (Å²) in [5.41, 5.74) is 1.11. The van der Waals surface area contributed by atoms with E-state index in [0.29, 0.717) is 30.6 Å². The van der Waals surface area contributed by atoms with Crippen LogP contribution >= 0.6 is 0 Å². The monoisotopic (exact) mass is 346 g/mol. The van der Waals surface area contributed by atoms with E-state index in [0.717, 1.165) is 25.7 Å². The third-order valence-electron chi connectivity index (χ3n) is 4.65. The lowest BCUT2D eigenvalue weighted by molar-refractivity contribution is -0.147. The summed E-state index contributed by atoms with van der Waals surface area (Å²) >= 11 is 0. The molecule has 1 aliphatic carbocycles. The molecule has 0 heterocycles. The number of rotatable bonds is 7. The molecule has 0 radical (unpaired) electrons. The number of carboxylic acid groups (broad SMARTS) is 1. The summed E-state index contributed by atoms with van der Waals surface area (Å²) in [6.45, 7) is 2.71. The fourth-order valence-electron chi connectivity index (χ4n) is 3.16. The number of carbonyl (C=O) groups is 3. The number of unbranched alkanes of at least 4 members (excludes halogenated alkanes) is 1. The normalized spacial score (nSPS) is 19.9. The molecule has 0 aromatic heterocycles. The van der Waals surface area contributed by atoms with Crippen molar-refractivity contribution in [3.8, 4) is 0 Å². The maximum absolute atomic E-state index is 12.4. The standard InChI is InChI=1S/C19H26N2O4/c1-2-3-12-20-17(22)13-8-10-14(11-9-13)21-18(23)15-6-4-5-7-16(15)19(24)25/h8-11,15-16H,2-7,12H2,1H3,(H,20,22)(H,21,23)(H,24,25)/t15-,16+/m0/s1. The summed E-state index contributed by atoms with van der Waals surface area (Å²) < 4.78 is 0. The van der Waals surface area contributed by atoms with Crippen LogP contribution in [0.2, 0.25) is 0 Å². The van der Waals surface area contributed by atoms with Crippen molar-refractivity contribution < 1.29 is 19.5 Å². The number of hydrogen-bond acceptors (Lipinski definition) is 3. The van der Waals surface area contributed by atoms with Crippen molar-refractivity contribution in [1.29, 1.82) is 0 Å². The third-order valence-corrected chi connectivity index (χ3v) is 4.65. The van der Waals surface area contributed by atoms with Crippen molar-refractivity contribution >= 4 is 23.5 Å². The number of nitrogens with one attached hydrogen (secondary N) is 2. The molecule has 1 aliphatic rings. The van der Waals surface area contributed by atoms with Crippen molar-refractivity contribution in [2.24, 2.45) is 11.8 Å². The second-order valence-corrected chi connectivity index (χ2v) is 6.51. The molecule has 0 bridgehead atoms. The minimum atomic E-state index is -0.904. The van der Waals surface area contributed by atoms with Crippen molar-refractivity contribution in [3.63, 3.8) is 0 Å². The Kier molecular flexibility index (Phi) is 6.98. The molecule has 136 valence electrons. The van der Waals surface area contributed by atoms with Gasteiger partial charge in [0.25, 0.3) is 5.91 Å². The molecule has 0 aliphatic heterocycles. The Morgan fingerprint density at radius 2 is 1.72 bits per heavy atom. The molecule has 3 N–H and O–H groups in total. The van der Waals surface area contributed by atoms with Crippen molar-refractivity contribution in [2.75, 3.05) is 11.9 Å². The van der Waals surface area contributed by atoms with Gasteiger partial charge >= 0.3 is 5.97 Å². The molecule has 25 heavy (non-hydrogen) atoms. The second-order valence-electron chi connectivity index (χ2n) is 6.51. The lowest BCUT2D eigenvalue weighted by Gasteiger charge is -2.27. The smallest absolute Gasteiger partial charge is 0.307 e. The highest BCUT2D eigenvalue weighted by atomic mass is 16.4. The maximum Gasteiger partial charge on any atom is 0.307 e. The van der Waals surface area contributed by atoms with E-state index in [2.05, 4.69) is 17.6 Å². The Morgan fingerprint density at radius 1 is 1.08 bits per heavy atom. The molecule has 1 fully saturated rings. The number of carbonyl (C=O) groups excluding carboxylic acids is 2. The van der Waals surface area contributed by atoms with Gasteiger partial charge < -0.3 is 15.7 Å². The van der Waals surface area contributed by atoms with Gasteiger partial charge in [0.15, 0.2) is 0 Å². The van der Waals surface area contributed by atoms with Gasteiger partial charge in [-0.25, -0.2) is 0 Å². The predicted molar refractivity (Wildman–Crippen MR) is 95.4 cm³/mol. The van der Waals surface area contributed by atoms with Crippen LogP contribution in [0.4, 0.5) is 5.69 Å². The van der Waals surface area contributed by atoms with E-state index in [9.17, 15) is 19.5 Å². The fourth-order valence-corrected chi connectivity index (χ4v) is 3.16. The van der Waals surface area contributed by atoms with Gasteiger partial charge in [-0.1, -0.05) is 26.2 Å². The van der Waals surface area contributed by atoms with Gasteiger partial charge in [0.1, 0.15) is 0 Å². The predicted octanol–water partition coefficient (Wildman–Crippen LogP) is 3.05. The van der Waals surface area contributed by atoms with Crippen LogP contribution in [-0.4, -0.2) is 29.4 Å². The molecule has 1 aromatic carbocycles. The zero-order valence-electron chi connectivity index (χ0n) is 14.6. The second kappa shape index (κ2) is 9.20. The van der Waals surface area contributed by atoms with E-state index < -0.39 is 17.8 Å². The SMILES string of the molecule is CCCCNC(=O)c1ccc(NC(=O)[C@H]2CCCC[C@H]2C(=O)O)cc1. The van der Waals surface area contributed by atoms with E-state index in [1.807, 2.05) is 0 Å². The quantitative estimate of drug-likeness (QED) is 0.661. The Balaban J connectivity index is 1.94. The van der Waals surface area contributed by atoms with Gasteiger partial charge in [-0.05, 0) is 43.5 Å². The van der Waals surface area contributed by atoms with Crippen LogP contribution in [0.5, 0.6) is 0 Å². The molecule has 2 atom stereocenters. The van der Waals surface area contributed by atoms with Crippen LogP contribution in [0.3, 0.4) is 0 Å². The first kappa shape index (κ1) is 19.0. The molecular weight excluding hydrogens is 320 g/mol. The highest BCUT2D eigenvalue weighted by Crippen LogP contribution is 2.31. The van der Waals surface area contributed by atoms with Crippen molar-refractivity contribution in [3.05, 3.63) is 29.8 Å². The number of hydrogen-bond donors (Lipinski definition) is 3. The Morgan fingerprint density at radius 3 is 2.32 bits per heavy atom. The van der Waals surface area contributed by atoms with Gasteiger partial charge in [-0.15, -0.1) is 0 Å². The fraction of sp³-hybridized carbons (Fsp3) is 0.526. The summed E-state index contributed by atoms with van der Waals surface area (Å²) in [5.74, 6) is -2.41. The van der Waals surface area contributed by atoms with E-state index >= 15 is 0 Å². The topological polar surface area (TPSA) is 95.5 Å². The highest BCUT2D eigenvalue weighted by molar-refractivity contribution is 5.97. The third kappa shape index (κ3) is 5.31. The van der Waals surface area contributed by atoms with Gasteiger partial charge in [-0.3, -0.25) is 14.4 Å². The zero-order chi connectivity index (χ0) is 18.2. The van der Waals surface area contributed by atoms with E-state index in [-0.39, 0.29) is 11.8 Å². The Labute approximate surface area is 148 Å². The van der Waals surface area contributed by atoms with E-state index in [4.69, 9.17) is 0 Å². The molecule has 1 saturated carbocycles. The number of anilines is 1. The largest absolute Gasteiger partial charge is 0.481 e. The van der Waals surface area contributed by atoms with Crippen LogP contribution in [-0.2, 0) is 9.59 Å². The molecule has 6 heteroatoms. The van der Waals surface area contributed by atoms with Crippen LogP contribution in [0.15, 0.2) is 24.3 Å². The first-order valence-electron chi connectivity index (χ1n) is 8.95. The van der Waals surface area contributed by atoms with Crippen LogP contribution in [0.25, 0.3) is 0 Å². The molecule has 6 nitrogen and oxygen atoms in total. The lowest BCUT2D eigenvalue weighted by atomic mass is 9.78. The Bertz CT molecular complexity index is 612. The van der Waals surface area contributed by atoms with Crippen LogP contribution in [0.1, 0.15) is 55.8 Å². The van der Waals surface area contributed by atoms with Gasteiger partial charge in [-0.2, -0.15) is 0 Å². The average molecular weight is 346 g/mol. The molecule has 0 saturated heterocycles. The maximum atomic E-state index is 12.4. The summed E-state index contributed by atoms with van der Waals surface area (Å²) in [6, 6.07) is 6.66. The summed E-state index contributed by atoms with van der Waals surface area (Å²) in [7, 11) is 0. The number of aliphatic carboxylic acids is 1. The molecule has 0 unspecified atom stereocenters. The van der Waals surface area contributed by atoms with E-state index in [1.54, 1.807) is 24.3 Å². The average Bonchev–Trinajstić information content (AvgIpc) is 2.62. The molecule has 2 amide bonds. The molecule has 2 rings (SSSR count). The summed E-state index contributed by atoms with van der Waals surface area (Å²) in [6.07, 6.45) is 4.82. The van der Waals surface area contributed by atoms with Crippen molar-refractivity contribution in [2.45, 2.75) is 45.4 Å². The van der Waals surface area contributed by atoms with Gasteiger partial charge in [0.05, 0.1) is 11.8 Å². The van der Waals surface area contributed by atoms with Crippen LogP contribution < -0.4 is 10.6 Å². The molecular formula is C19H26N2O4. The lowest BCUT2D eigenvalue weighted by Crippen LogP contribution is -2.36. The first-order chi connectivity index (χ1) is 12.0. The summed E-state index contributed by atoms with van der Waals surface area (Å²) in [5, 5.41) is 14.9. The van der Waals surface area contributed by atoms with Crippen LogP contribution in [0, 0.1) is 11.8 Å². The minimum Gasteiger partial charge on any atom is -0.481 e. The zero-order valence-corrected chi connectivity index (χ0v) is 14.6. The van der Waals surface area contributed by atoms with Gasteiger partial charge in [0.2, 0.25) is 5.91 Å². The highest BCUT2D eigenvalue weighted by Gasteiger charge is 2.35. The first-order valence-corrected chi connectivity index (χ1v) is 8.95. The number of amides is 2. The number of carboxylic acids is 1. The summed E-state index contributed by atoms with van der Waals surface area (Å²) in [4.78, 5) is 35.7.